The summed E-state index contributed by atoms with van der Waals surface area (Å²) in [5.41, 5.74) is 0.734. The van der Waals surface area contributed by atoms with Crippen molar-refractivity contribution < 1.29 is 14.5 Å². The molecular formula is C14H16N4O4. The van der Waals surface area contributed by atoms with Gasteiger partial charge in [0.15, 0.2) is 0 Å². The predicted molar refractivity (Wildman–Crippen MR) is 79.9 cm³/mol. The van der Waals surface area contributed by atoms with Gasteiger partial charge in [0, 0.05) is 19.3 Å². The van der Waals surface area contributed by atoms with Crippen molar-refractivity contribution in [2.24, 2.45) is 7.05 Å². The van der Waals surface area contributed by atoms with Crippen molar-refractivity contribution in [3.63, 3.8) is 0 Å². The third-order valence-corrected chi connectivity index (χ3v) is 3.15. The highest BCUT2D eigenvalue weighted by molar-refractivity contribution is 5.72. The number of ether oxygens (including phenoxy) is 1. The predicted octanol–water partition coefficient (Wildman–Crippen LogP) is 2.03. The summed E-state index contributed by atoms with van der Waals surface area (Å²) in [5, 5.41) is 11.2. The molecule has 116 valence electrons. The number of imidazole rings is 1. The van der Waals surface area contributed by atoms with Crippen LogP contribution in [-0.2, 0) is 16.6 Å². The Labute approximate surface area is 127 Å². The van der Waals surface area contributed by atoms with Gasteiger partial charge in [0.05, 0.1) is 13.5 Å². The molecule has 2 rings (SSSR count). The van der Waals surface area contributed by atoms with E-state index >= 15 is 0 Å². The van der Waals surface area contributed by atoms with E-state index in [1.165, 1.54) is 13.4 Å². The molecule has 0 amide bonds. The quantitative estimate of drug-likeness (QED) is 0.461. The Morgan fingerprint density at radius 2 is 2.09 bits per heavy atom. The molecule has 0 aliphatic heterocycles. The molecule has 0 unspecified atom stereocenters. The maximum atomic E-state index is 11.4. The third kappa shape index (κ3) is 3.22. The zero-order chi connectivity index (χ0) is 16.1. The van der Waals surface area contributed by atoms with Crippen molar-refractivity contribution >= 4 is 23.3 Å². The molecule has 0 saturated carbocycles. The average molecular weight is 304 g/mol. The van der Waals surface area contributed by atoms with Crippen LogP contribution in [0.4, 0.5) is 17.3 Å². The van der Waals surface area contributed by atoms with Gasteiger partial charge in [0.25, 0.3) is 0 Å². The SMILES string of the molecule is COC(=O)CCN(c1ccccc1)c1c([N+](=O)[O-])ncn1C. The van der Waals surface area contributed by atoms with E-state index in [1.807, 2.05) is 30.3 Å². The molecule has 1 aromatic carbocycles. The summed E-state index contributed by atoms with van der Waals surface area (Å²) in [6.07, 6.45) is 1.48. The van der Waals surface area contributed by atoms with Crippen LogP contribution < -0.4 is 4.90 Å². The van der Waals surface area contributed by atoms with Gasteiger partial charge in [-0.1, -0.05) is 18.2 Å². The van der Waals surface area contributed by atoms with Gasteiger partial charge in [0.2, 0.25) is 12.1 Å². The number of carbonyl (C=O) groups excluding carboxylic acids is 1. The van der Waals surface area contributed by atoms with Crippen molar-refractivity contribution in [1.82, 2.24) is 9.55 Å². The first-order valence-electron chi connectivity index (χ1n) is 6.59. The van der Waals surface area contributed by atoms with Crippen LogP contribution in [0.15, 0.2) is 36.7 Å². The number of carbonyl (C=O) groups is 1. The smallest absolute Gasteiger partial charge is 0.406 e. The number of anilines is 2. The molecule has 0 fully saturated rings. The zero-order valence-electron chi connectivity index (χ0n) is 12.3. The molecule has 2 aromatic rings. The fraction of sp³-hybridized carbons (Fsp3) is 0.286. The number of hydrogen-bond donors (Lipinski definition) is 0. The van der Waals surface area contributed by atoms with Crippen molar-refractivity contribution in [2.45, 2.75) is 6.42 Å². The second kappa shape index (κ2) is 6.70. The summed E-state index contributed by atoms with van der Waals surface area (Å²) >= 11 is 0. The molecule has 8 heteroatoms. The number of benzene rings is 1. The van der Waals surface area contributed by atoms with Gasteiger partial charge < -0.3 is 19.8 Å². The van der Waals surface area contributed by atoms with Crippen molar-refractivity contribution in [3.8, 4) is 0 Å². The number of esters is 1. The van der Waals surface area contributed by atoms with E-state index in [0.717, 1.165) is 5.69 Å². The summed E-state index contributed by atoms with van der Waals surface area (Å²) in [5.74, 6) is -0.318. The van der Waals surface area contributed by atoms with E-state index in [-0.39, 0.29) is 24.8 Å². The number of nitrogens with zero attached hydrogens (tertiary/aromatic N) is 4. The Balaban J connectivity index is 2.42. The highest BCUT2D eigenvalue weighted by Gasteiger charge is 2.27. The number of hydrogen-bond acceptors (Lipinski definition) is 6. The summed E-state index contributed by atoms with van der Waals surface area (Å²) in [4.78, 5) is 27.6. The van der Waals surface area contributed by atoms with E-state index in [4.69, 9.17) is 0 Å². The number of para-hydroxylation sites is 1. The van der Waals surface area contributed by atoms with Gasteiger partial charge in [-0.25, -0.2) is 0 Å². The van der Waals surface area contributed by atoms with Crippen LogP contribution in [0.3, 0.4) is 0 Å². The molecule has 0 atom stereocenters. The maximum Gasteiger partial charge on any atom is 0.406 e. The minimum absolute atomic E-state index is 0.105. The lowest BCUT2D eigenvalue weighted by Crippen LogP contribution is -2.24. The lowest BCUT2D eigenvalue weighted by molar-refractivity contribution is -0.388. The van der Waals surface area contributed by atoms with Crippen LogP contribution in [0.2, 0.25) is 0 Å². The Morgan fingerprint density at radius 3 is 2.68 bits per heavy atom. The summed E-state index contributed by atoms with van der Waals surface area (Å²) in [7, 11) is 2.98. The summed E-state index contributed by atoms with van der Waals surface area (Å²) in [6.45, 7) is 0.247. The maximum absolute atomic E-state index is 11.4. The number of aryl methyl sites for hydroxylation is 1. The lowest BCUT2D eigenvalue weighted by atomic mass is 10.2. The number of nitro groups is 1. The second-order valence-electron chi connectivity index (χ2n) is 4.57. The Morgan fingerprint density at radius 1 is 1.41 bits per heavy atom. The molecule has 0 saturated heterocycles. The van der Waals surface area contributed by atoms with Crippen LogP contribution in [0.5, 0.6) is 0 Å². The molecule has 0 aliphatic carbocycles. The number of aromatic nitrogens is 2. The third-order valence-electron chi connectivity index (χ3n) is 3.15. The van der Waals surface area contributed by atoms with E-state index in [2.05, 4.69) is 9.72 Å². The van der Waals surface area contributed by atoms with Gasteiger partial charge >= 0.3 is 11.8 Å². The molecule has 0 bridgehead atoms. The fourth-order valence-corrected chi connectivity index (χ4v) is 2.12. The van der Waals surface area contributed by atoms with Crippen LogP contribution in [0.1, 0.15) is 6.42 Å². The van der Waals surface area contributed by atoms with E-state index < -0.39 is 4.92 Å². The summed E-state index contributed by atoms with van der Waals surface area (Å²) in [6, 6.07) is 9.12. The summed E-state index contributed by atoms with van der Waals surface area (Å²) < 4.78 is 6.20. The fourth-order valence-electron chi connectivity index (χ4n) is 2.12. The first-order valence-corrected chi connectivity index (χ1v) is 6.59. The van der Waals surface area contributed by atoms with Gasteiger partial charge in [-0.2, -0.15) is 0 Å². The molecule has 0 spiro atoms. The molecule has 0 aliphatic rings. The lowest BCUT2D eigenvalue weighted by Gasteiger charge is -2.23. The van der Waals surface area contributed by atoms with E-state index in [9.17, 15) is 14.9 Å². The standard InChI is InChI=1S/C14H16N4O4/c1-16-10-15-13(18(20)21)14(16)17(9-8-12(19)22-2)11-6-4-3-5-7-11/h3-7,10H,8-9H2,1-2H3. The highest BCUT2D eigenvalue weighted by Crippen LogP contribution is 2.32. The first kappa shape index (κ1) is 15.5. The first-order chi connectivity index (χ1) is 10.5. The minimum atomic E-state index is -0.538. The van der Waals surface area contributed by atoms with Gasteiger partial charge in [-0.15, -0.1) is 0 Å². The second-order valence-corrected chi connectivity index (χ2v) is 4.57. The van der Waals surface area contributed by atoms with Gasteiger partial charge in [-0.3, -0.25) is 9.36 Å². The minimum Gasteiger partial charge on any atom is -0.469 e. The molecular weight excluding hydrogens is 288 g/mol. The van der Waals surface area contributed by atoms with E-state index in [0.29, 0.717) is 5.82 Å². The van der Waals surface area contributed by atoms with Crippen molar-refractivity contribution in [2.75, 3.05) is 18.6 Å². The van der Waals surface area contributed by atoms with Crippen molar-refractivity contribution in [3.05, 3.63) is 46.8 Å². The average Bonchev–Trinajstić information content (AvgIpc) is 2.90. The number of rotatable bonds is 6. The monoisotopic (exact) mass is 304 g/mol. The molecule has 1 heterocycles. The molecule has 0 radical (unpaired) electrons. The molecule has 22 heavy (non-hydrogen) atoms. The Kier molecular flexibility index (Phi) is 4.72. The van der Waals surface area contributed by atoms with Gasteiger partial charge in [0.1, 0.15) is 0 Å². The van der Waals surface area contributed by atoms with Crippen molar-refractivity contribution in [1.29, 1.82) is 0 Å². The highest BCUT2D eigenvalue weighted by atomic mass is 16.6. The zero-order valence-corrected chi connectivity index (χ0v) is 12.3. The van der Waals surface area contributed by atoms with Crippen LogP contribution in [-0.4, -0.2) is 34.1 Å². The largest absolute Gasteiger partial charge is 0.469 e. The topological polar surface area (TPSA) is 90.5 Å². The molecule has 8 nitrogen and oxygen atoms in total. The number of methoxy groups -OCH3 is 1. The van der Waals surface area contributed by atoms with Crippen LogP contribution in [0.25, 0.3) is 0 Å². The van der Waals surface area contributed by atoms with E-state index in [1.54, 1.807) is 16.5 Å². The molecule has 0 N–H and O–H groups in total. The Bertz CT molecular complexity index is 669. The van der Waals surface area contributed by atoms with Gasteiger partial charge in [-0.05, 0) is 22.0 Å². The Hall–Kier alpha value is -2.90. The molecule has 1 aromatic heterocycles. The normalized spacial score (nSPS) is 10.3. The van der Waals surface area contributed by atoms with Crippen LogP contribution in [0, 0.1) is 10.1 Å². The van der Waals surface area contributed by atoms with Crippen LogP contribution >= 0.6 is 0 Å².